The highest BCUT2D eigenvalue weighted by molar-refractivity contribution is 5.92. The second-order valence-electron chi connectivity index (χ2n) is 18.2. The molecule has 2 aliphatic carbocycles. The molecule has 340 valence electrons. The van der Waals surface area contributed by atoms with E-state index in [1.807, 2.05) is 19.9 Å². The molecular weight excluding hydrogens is 815 g/mol. The van der Waals surface area contributed by atoms with Gasteiger partial charge in [0.2, 0.25) is 0 Å². The van der Waals surface area contributed by atoms with Crippen LogP contribution in [0.1, 0.15) is 93.2 Å². The van der Waals surface area contributed by atoms with Gasteiger partial charge < -0.3 is 56.0 Å². The summed E-state index contributed by atoms with van der Waals surface area (Å²) in [6.45, 7) is 9.00. The average Bonchev–Trinajstić information content (AvgIpc) is 3.44. The molecule has 0 saturated heterocycles. The van der Waals surface area contributed by atoms with Crippen molar-refractivity contribution in [2.45, 2.75) is 103 Å². The zero-order valence-electron chi connectivity index (χ0n) is 37.1. The van der Waals surface area contributed by atoms with Crippen molar-refractivity contribution in [1.82, 2.24) is 21.3 Å². The standard InChI is InChI=1S/C50H61N5O9/c1-5-25(21-52-6-2)49(61)63-39-20-35-45(60)43-38(59)19-30(23-56)62-47(43)44-41-33-14-15-54-48(51)42(33)32(13-9-26-8-11-29(58)18-34(26)36(41)24-57)31-12-10-27-17-40(53-7-3)55-22-28(27)16-37(31)50(39,4)64-46(35)44/h5,8,11,14,17-19,22,31-32,36-37,39-41,52-58,60H,6-7,9-10,12-13,15-16,20-21,23-24,51H2,1-4H3/b25-5-/t31-,32-,36+,37-,39+,40?,41+,50-/m0/s1. The van der Waals surface area contributed by atoms with E-state index in [0.717, 1.165) is 47.2 Å². The highest BCUT2D eigenvalue weighted by atomic mass is 16.6. The Balaban J connectivity index is 1.40. The van der Waals surface area contributed by atoms with Gasteiger partial charge in [-0.15, -0.1) is 0 Å². The molecule has 4 aliphatic heterocycles. The summed E-state index contributed by atoms with van der Waals surface area (Å²) < 4.78 is 20.9. The van der Waals surface area contributed by atoms with Gasteiger partial charge in [0.25, 0.3) is 0 Å². The number of allylic oxidation sites excluding steroid dienone is 5. The van der Waals surface area contributed by atoms with Crippen molar-refractivity contribution in [3.05, 3.63) is 121 Å². The summed E-state index contributed by atoms with van der Waals surface area (Å²) in [5, 5.41) is 59.5. The number of aliphatic hydroxyl groups excluding tert-OH is 2. The molecule has 9 rings (SSSR count). The number of phenolic OH excluding ortho intramolecular Hbond substituents is 2. The number of hydrogen-bond donors (Lipinski definition) is 9. The minimum Gasteiger partial charge on any atom is -0.508 e. The van der Waals surface area contributed by atoms with E-state index in [9.17, 15) is 30.0 Å². The second-order valence-corrected chi connectivity index (χ2v) is 18.2. The first-order chi connectivity index (χ1) is 30.9. The number of fused-ring (bicyclic) bond motifs is 9. The molecule has 64 heavy (non-hydrogen) atoms. The first-order valence-corrected chi connectivity index (χ1v) is 22.9. The number of benzene rings is 2. The Bertz CT molecular complexity index is 2590. The van der Waals surface area contributed by atoms with Gasteiger partial charge in [-0.05, 0) is 123 Å². The van der Waals surface area contributed by atoms with Crippen LogP contribution in [0.4, 0.5) is 0 Å². The van der Waals surface area contributed by atoms with Crippen LogP contribution in [0.2, 0.25) is 0 Å². The van der Waals surface area contributed by atoms with Crippen molar-refractivity contribution in [2.24, 2.45) is 23.5 Å². The van der Waals surface area contributed by atoms with E-state index in [4.69, 9.17) is 19.6 Å². The van der Waals surface area contributed by atoms with E-state index in [1.54, 1.807) is 25.1 Å². The zero-order valence-corrected chi connectivity index (χ0v) is 37.1. The average molecular weight is 876 g/mol. The van der Waals surface area contributed by atoms with Gasteiger partial charge in [0.15, 0.2) is 5.43 Å². The molecule has 4 bridgehead atoms. The first-order valence-electron chi connectivity index (χ1n) is 22.9. The van der Waals surface area contributed by atoms with E-state index >= 15 is 0 Å². The Labute approximate surface area is 373 Å². The van der Waals surface area contributed by atoms with Gasteiger partial charge >= 0.3 is 5.97 Å². The Morgan fingerprint density at radius 1 is 1.09 bits per heavy atom. The third-order valence-corrected chi connectivity index (χ3v) is 14.9. The molecule has 5 heterocycles. The van der Waals surface area contributed by atoms with Gasteiger partial charge in [-0.1, -0.05) is 32.1 Å². The second kappa shape index (κ2) is 17.4. The zero-order chi connectivity index (χ0) is 45.0. The molecule has 0 spiro atoms. The number of aliphatic hydroxyl groups is 2. The van der Waals surface area contributed by atoms with Crippen molar-refractivity contribution in [1.29, 1.82) is 0 Å². The normalized spacial score (nSPS) is 28.4. The van der Waals surface area contributed by atoms with Crippen LogP contribution in [0.3, 0.4) is 0 Å². The lowest BCUT2D eigenvalue weighted by Crippen LogP contribution is -2.59. The Morgan fingerprint density at radius 3 is 2.67 bits per heavy atom. The van der Waals surface area contributed by atoms with Gasteiger partial charge in [-0.25, -0.2) is 4.79 Å². The first kappa shape index (κ1) is 43.7. The van der Waals surface area contributed by atoms with Crippen LogP contribution in [0.15, 0.2) is 91.6 Å². The number of rotatable bonds is 9. The molecule has 1 fully saturated rings. The van der Waals surface area contributed by atoms with Crippen LogP contribution in [0.5, 0.6) is 17.2 Å². The van der Waals surface area contributed by atoms with Crippen LogP contribution in [-0.2, 0) is 29.0 Å². The van der Waals surface area contributed by atoms with Gasteiger partial charge in [-0.2, -0.15) is 0 Å². The number of aryl methyl sites for hydroxylation is 1. The largest absolute Gasteiger partial charge is 0.508 e. The topological polar surface area (TPSA) is 221 Å². The smallest absolute Gasteiger partial charge is 0.335 e. The van der Waals surface area contributed by atoms with Gasteiger partial charge in [0.05, 0.1) is 12.8 Å². The molecule has 0 radical (unpaired) electrons. The summed E-state index contributed by atoms with van der Waals surface area (Å²) in [5.74, 6) is -2.26. The van der Waals surface area contributed by atoms with Gasteiger partial charge in [0.1, 0.15) is 58.1 Å². The van der Waals surface area contributed by atoms with Crippen molar-refractivity contribution >= 4 is 16.9 Å². The number of carbonyl (C=O) groups excluding carboxylic acids is 1. The third-order valence-electron chi connectivity index (χ3n) is 14.9. The number of hydrogen-bond acceptors (Lipinski definition) is 14. The fourth-order valence-electron chi connectivity index (χ4n) is 11.8. The number of esters is 1. The molecule has 1 unspecified atom stereocenters. The molecule has 10 N–H and O–H groups in total. The third kappa shape index (κ3) is 7.28. The maximum Gasteiger partial charge on any atom is 0.335 e. The van der Waals surface area contributed by atoms with E-state index in [0.29, 0.717) is 55.9 Å². The minimum absolute atomic E-state index is 0.00143. The van der Waals surface area contributed by atoms with Crippen LogP contribution in [0.25, 0.3) is 11.0 Å². The number of carbonyl (C=O) groups is 1. The molecule has 0 amide bonds. The number of aromatic hydroxyl groups is 2. The molecule has 2 aromatic carbocycles. The summed E-state index contributed by atoms with van der Waals surface area (Å²) in [6.07, 6.45) is 10.5. The quantitative estimate of drug-likeness (QED) is 0.105. The maximum atomic E-state index is 14.4. The van der Waals surface area contributed by atoms with E-state index in [-0.39, 0.29) is 76.5 Å². The molecule has 1 saturated carbocycles. The van der Waals surface area contributed by atoms with Crippen molar-refractivity contribution in [3.8, 4) is 17.2 Å². The lowest BCUT2D eigenvalue weighted by Gasteiger charge is -2.52. The van der Waals surface area contributed by atoms with Crippen molar-refractivity contribution in [3.63, 3.8) is 0 Å². The fraction of sp³-hybridized carbons (Fsp3) is 0.480. The van der Waals surface area contributed by atoms with E-state index < -0.39 is 41.5 Å². The van der Waals surface area contributed by atoms with Gasteiger partial charge in [-0.3, -0.25) is 10.1 Å². The summed E-state index contributed by atoms with van der Waals surface area (Å²) in [6, 6.07) is 6.48. The van der Waals surface area contributed by atoms with Crippen LogP contribution < -0.4 is 37.2 Å². The summed E-state index contributed by atoms with van der Waals surface area (Å²) in [4.78, 5) is 28.7. The molecule has 6 aliphatic rings. The fourth-order valence-corrected chi connectivity index (χ4v) is 11.8. The predicted octanol–water partition coefficient (Wildman–Crippen LogP) is 4.76. The summed E-state index contributed by atoms with van der Waals surface area (Å²) in [5.41, 5.74) is 12.3. The summed E-state index contributed by atoms with van der Waals surface area (Å²) in [7, 11) is 0. The summed E-state index contributed by atoms with van der Waals surface area (Å²) >= 11 is 0. The monoisotopic (exact) mass is 875 g/mol. The number of nitrogens with two attached hydrogens (primary N) is 1. The predicted molar refractivity (Wildman–Crippen MR) is 242 cm³/mol. The maximum absolute atomic E-state index is 14.4. The molecule has 1 aromatic heterocycles. The molecule has 8 atom stereocenters. The van der Waals surface area contributed by atoms with Crippen LogP contribution in [-0.4, -0.2) is 77.1 Å². The van der Waals surface area contributed by atoms with Crippen molar-refractivity contribution in [2.75, 3.05) is 32.8 Å². The molecule has 3 aromatic rings. The van der Waals surface area contributed by atoms with Gasteiger partial charge in [0, 0.05) is 66.2 Å². The van der Waals surface area contributed by atoms with E-state index in [1.165, 1.54) is 11.6 Å². The SMILES string of the molecule is C/C=C(/CNCC)C(=O)O[C@@H]1Cc2c3c(c4oc(CO)cc(=O)c4c2O)[C@@H]2C4=CCNC(N)=C4[C@@H](CCc4ccc(O)cc4[C@H]2CO)[C@@H]2CCC4=CC(NCC)NC=C4C[C@@H]2[C@]1(C)O3. The number of ether oxygens (including phenoxy) is 2. The highest BCUT2D eigenvalue weighted by Crippen LogP contribution is 2.61. The Kier molecular flexibility index (Phi) is 11.9. The number of phenols is 2. The van der Waals surface area contributed by atoms with E-state index in [2.05, 4.69) is 46.5 Å². The van der Waals surface area contributed by atoms with Crippen LogP contribution >= 0.6 is 0 Å². The lowest BCUT2D eigenvalue weighted by atomic mass is 9.61. The number of dihydropyridines is 2. The Morgan fingerprint density at radius 2 is 1.92 bits per heavy atom. The molecular formula is C50H61N5O9. The lowest BCUT2D eigenvalue weighted by molar-refractivity contribution is -0.169. The number of likely N-dealkylation sites (N-methyl/N-ethyl adjacent to an activating group) is 2. The minimum atomic E-state index is -1.27. The van der Waals surface area contributed by atoms with Crippen LogP contribution in [0, 0.1) is 17.8 Å². The Hall–Kier alpha value is -5.54. The number of nitrogens with one attached hydrogen (secondary N) is 4. The molecule has 14 nitrogen and oxygen atoms in total. The van der Waals surface area contributed by atoms with Crippen molar-refractivity contribution < 1.29 is 39.1 Å². The molecule has 14 heteroatoms. The highest BCUT2D eigenvalue weighted by Gasteiger charge is 2.58.